The van der Waals surface area contributed by atoms with Crippen LogP contribution in [0.2, 0.25) is 0 Å². The summed E-state index contributed by atoms with van der Waals surface area (Å²) in [6.45, 7) is 0. The van der Waals surface area contributed by atoms with Crippen molar-refractivity contribution in [1.29, 1.82) is 0 Å². The summed E-state index contributed by atoms with van der Waals surface area (Å²) in [5, 5.41) is 4.11. The Hall–Kier alpha value is -2.28. The van der Waals surface area contributed by atoms with Crippen LogP contribution in [0.5, 0.6) is 0 Å². The molecule has 1 heteroatoms. The van der Waals surface area contributed by atoms with E-state index in [4.69, 9.17) is 0 Å². The van der Waals surface area contributed by atoms with Crippen molar-refractivity contribution in [3.05, 3.63) is 58.1 Å². The summed E-state index contributed by atoms with van der Waals surface area (Å²) in [5.74, 6) is 0. The molecule has 0 fully saturated rings. The Morgan fingerprint density at radius 2 is 1.95 bits per heavy atom. The molecule has 0 radical (unpaired) electrons. The monoisotopic (exact) mass is 257 g/mol. The van der Waals surface area contributed by atoms with Crippen LogP contribution in [0.1, 0.15) is 24.0 Å². The van der Waals surface area contributed by atoms with Crippen LogP contribution >= 0.6 is 0 Å². The van der Waals surface area contributed by atoms with E-state index in [-0.39, 0.29) is 0 Å². The van der Waals surface area contributed by atoms with Gasteiger partial charge in [-0.2, -0.15) is 0 Å². The van der Waals surface area contributed by atoms with Crippen LogP contribution in [0.3, 0.4) is 0 Å². The van der Waals surface area contributed by atoms with Gasteiger partial charge in [-0.3, -0.25) is 0 Å². The van der Waals surface area contributed by atoms with Gasteiger partial charge in [0.05, 0.1) is 0 Å². The first-order chi connectivity index (χ1) is 9.90. The van der Waals surface area contributed by atoms with Crippen molar-refractivity contribution >= 4 is 23.1 Å². The minimum absolute atomic E-state index is 1.20. The average molecular weight is 257 g/mol. The molecular formula is C19H15N. The van der Waals surface area contributed by atoms with E-state index in [1.807, 2.05) is 0 Å². The van der Waals surface area contributed by atoms with Gasteiger partial charge in [0, 0.05) is 16.3 Å². The van der Waals surface area contributed by atoms with Crippen molar-refractivity contribution in [3.63, 3.8) is 0 Å². The summed E-state index contributed by atoms with van der Waals surface area (Å²) in [7, 11) is 0. The number of aromatic nitrogens is 1. The van der Waals surface area contributed by atoms with E-state index < -0.39 is 0 Å². The topological polar surface area (TPSA) is 15.8 Å². The molecule has 0 aliphatic heterocycles. The molecule has 3 aromatic rings. The number of benzene rings is 2. The third kappa shape index (κ3) is 1.27. The summed E-state index contributed by atoms with van der Waals surface area (Å²) in [6.07, 6.45) is 8.33. The second-order valence-electron chi connectivity index (χ2n) is 5.83. The number of fused-ring (bicyclic) bond motifs is 6. The molecule has 0 saturated carbocycles. The lowest BCUT2D eigenvalue weighted by Gasteiger charge is -2.05. The maximum absolute atomic E-state index is 3.60. The minimum atomic E-state index is 1.20. The van der Waals surface area contributed by atoms with Crippen molar-refractivity contribution in [1.82, 2.24) is 4.98 Å². The van der Waals surface area contributed by atoms with Crippen LogP contribution in [-0.4, -0.2) is 4.98 Å². The zero-order valence-corrected chi connectivity index (χ0v) is 11.2. The standard InChI is InChI=1S/C19H15N/c1-2-6-14-12(5-1)9-13-10-19-17(11-16(13)14)15-7-3-4-8-18(15)20-19/h1-2,5-6,8-11,20H,3-4,7H2. The van der Waals surface area contributed by atoms with Gasteiger partial charge in [0.2, 0.25) is 0 Å². The predicted molar refractivity (Wildman–Crippen MR) is 84.0 cm³/mol. The molecule has 0 bridgehead atoms. The quantitative estimate of drug-likeness (QED) is 0.498. The van der Waals surface area contributed by atoms with E-state index in [1.165, 1.54) is 63.0 Å². The second-order valence-corrected chi connectivity index (χ2v) is 5.83. The molecule has 5 rings (SSSR count). The molecule has 0 spiro atoms. The maximum Gasteiger partial charge on any atom is 0.0467 e. The number of hydrogen-bond acceptors (Lipinski definition) is 0. The van der Waals surface area contributed by atoms with Crippen LogP contribution in [0.4, 0.5) is 0 Å². The van der Waals surface area contributed by atoms with Gasteiger partial charge < -0.3 is 4.98 Å². The number of nitrogens with one attached hydrogen (secondary N) is 1. The third-order valence-corrected chi connectivity index (χ3v) is 4.65. The largest absolute Gasteiger partial charge is 0.355 e. The molecule has 0 amide bonds. The fraction of sp³-hybridized carbons (Fsp3) is 0.158. The molecule has 1 aromatic heterocycles. The number of aromatic amines is 1. The average Bonchev–Trinajstić information content (AvgIpc) is 3.02. The van der Waals surface area contributed by atoms with Crippen molar-refractivity contribution < 1.29 is 0 Å². The lowest BCUT2D eigenvalue weighted by Crippen LogP contribution is -2.11. The van der Waals surface area contributed by atoms with Crippen LogP contribution in [-0.2, 0) is 6.42 Å². The number of hydrogen-bond donors (Lipinski definition) is 1. The highest BCUT2D eigenvalue weighted by Gasteiger charge is 2.15. The Morgan fingerprint density at radius 1 is 1.00 bits per heavy atom. The van der Waals surface area contributed by atoms with Crippen LogP contribution < -0.4 is 10.6 Å². The molecule has 2 aliphatic rings. The number of H-pyrrole nitrogens is 1. The van der Waals surface area contributed by atoms with Gasteiger partial charge >= 0.3 is 0 Å². The van der Waals surface area contributed by atoms with E-state index in [1.54, 1.807) is 0 Å². The van der Waals surface area contributed by atoms with Crippen molar-refractivity contribution in [3.8, 4) is 11.1 Å². The molecule has 2 aromatic carbocycles. The summed E-state index contributed by atoms with van der Waals surface area (Å²) in [6, 6.07) is 13.4. The maximum atomic E-state index is 3.60. The van der Waals surface area contributed by atoms with E-state index in [0.717, 1.165) is 0 Å². The fourth-order valence-corrected chi connectivity index (χ4v) is 3.69. The van der Waals surface area contributed by atoms with Gasteiger partial charge in [0.15, 0.2) is 0 Å². The molecule has 2 aliphatic carbocycles. The number of rotatable bonds is 0. The van der Waals surface area contributed by atoms with Crippen molar-refractivity contribution in [2.24, 2.45) is 0 Å². The van der Waals surface area contributed by atoms with Crippen molar-refractivity contribution in [2.45, 2.75) is 19.3 Å². The minimum Gasteiger partial charge on any atom is -0.355 e. The zero-order chi connectivity index (χ0) is 13.1. The zero-order valence-electron chi connectivity index (χ0n) is 11.2. The highest BCUT2D eigenvalue weighted by Crippen LogP contribution is 2.29. The van der Waals surface area contributed by atoms with E-state index >= 15 is 0 Å². The summed E-state index contributed by atoms with van der Waals surface area (Å²) in [4.78, 5) is 3.60. The van der Waals surface area contributed by atoms with Gasteiger partial charge in [0.1, 0.15) is 0 Å². The Balaban J connectivity index is 1.91. The summed E-state index contributed by atoms with van der Waals surface area (Å²) < 4.78 is 0. The highest BCUT2D eigenvalue weighted by atomic mass is 14.7. The third-order valence-electron chi connectivity index (χ3n) is 4.65. The normalized spacial score (nSPS) is 15.2. The molecule has 0 saturated heterocycles. The fourth-order valence-electron chi connectivity index (χ4n) is 3.69. The second kappa shape index (κ2) is 3.63. The SMILES string of the molecule is C1=c2cc3[nH]c4c(c3cc2-c2ccccc21)CCCC=4. The van der Waals surface area contributed by atoms with Crippen LogP contribution in [0.15, 0.2) is 36.4 Å². The van der Waals surface area contributed by atoms with Gasteiger partial charge in [0.25, 0.3) is 0 Å². The van der Waals surface area contributed by atoms with E-state index in [9.17, 15) is 0 Å². The first kappa shape index (κ1) is 10.5. The van der Waals surface area contributed by atoms with E-state index in [0.29, 0.717) is 0 Å². The molecule has 20 heavy (non-hydrogen) atoms. The van der Waals surface area contributed by atoms with Gasteiger partial charge in [-0.25, -0.2) is 0 Å². The van der Waals surface area contributed by atoms with Gasteiger partial charge in [-0.15, -0.1) is 0 Å². The van der Waals surface area contributed by atoms with Crippen molar-refractivity contribution in [2.75, 3.05) is 0 Å². The molecule has 1 N–H and O–H groups in total. The molecular weight excluding hydrogens is 242 g/mol. The smallest absolute Gasteiger partial charge is 0.0467 e. The molecule has 1 heterocycles. The van der Waals surface area contributed by atoms with Gasteiger partial charge in [-0.1, -0.05) is 30.3 Å². The summed E-state index contributed by atoms with van der Waals surface area (Å²) in [5.41, 5.74) is 6.91. The van der Waals surface area contributed by atoms with Crippen LogP contribution in [0.25, 0.3) is 34.2 Å². The van der Waals surface area contributed by atoms with E-state index in [2.05, 4.69) is 53.5 Å². The lowest BCUT2D eigenvalue weighted by molar-refractivity contribution is 0.838. The predicted octanol–water partition coefficient (Wildman–Crippen LogP) is 3.09. The first-order valence-electron chi connectivity index (χ1n) is 7.36. The lowest BCUT2D eigenvalue weighted by atomic mass is 9.98. The highest BCUT2D eigenvalue weighted by molar-refractivity contribution is 5.93. The Bertz CT molecular complexity index is 973. The number of aryl methyl sites for hydroxylation is 1. The molecule has 96 valence electrons. The Morgan fingerprint density at radius 3 is 2.95 bits per heavy atom. The molecule has 1 nitrogen and oxygen atoms in total. The Kier molecular flexibility index (Phi) is 1.91. The summed E-state index contributed by atoms with van der Waals surface area (Å²) >= 11 is 0. The van der Waals surface area contributed by atoms with Crippen LogP contribution in [0, 0.1) is 0 Å². The molecule has 0 unspecified atom stereocenters. The van der Waals surface area contributed by atoms with Gasteiger partial charge in [-0.05, 0) is 64.9 Å². The Labute approximate surface area is 117 Å². The first-order valence-corrected chi connectivity index (χ1v) is 7.36. The molecule has 0 atom stereocenters.